The van der Waals surface area contributed by atoms with Gasteiger partial charge in [0.05, 0.1) is 18.4 Å². The van der Waals surface area contributed by atoms with Gasteiger partial charge in [-0.3, -0.25) is 4.79 Å². The first-order valence-corrected chi connectivity index (χ1v) is 8.71. The van der Waals surface area contributed by atoms with Crippen molar-refractivity contribution < 1.29 is 9.53 Å². The van der Waals surface area contributed by atoms with E-state index in [1.54, 1.807) is 13.2 Å². The predicted octanol–water partition coefficient (Wildman–Crippen LogP) is 4.46. The van der Waals surface area contributed by atoms with Crippen LogP contribution in [-0.4, -0.2) is 22.8 Å². The van der Waals surface area contributed by atoms with E-state index >= 15 is 0 Å². The Morgan fingerprint density at radius 3 is 2.56 bits per heavy atom. The van der Waals surface area contributed by atoms with Crippen molar-refractivity contribution in [2.45, 2.75) is 13.3 Å². The minimum Gasteiger partial charge on any atom is -0.497 e. The van der Waals surface area contributed by atoms with Crippen molar-refractivity contribution in [2.75, 3.05) is 12.4 Å². The van der Waals surface area contributed by atoms with Gasteiger partial charge < -0.3 is 10.1 Å². The molecule has 0 aliphatic carbocycles. The molecule has 2 aromatic carbocycles. The molecule has 0 unspecified atom stereocenters. The van der Waals surface area contributed by atoms with E-state index in [-0.39, 0.29) is 5.91 Å². The lowest BCUT2D eigenvalue weighted by atomic mass is 10.2. The SMILES string of the molecule is CCc1cc(NC(=O)c2ccccc2Br)nn1-c1ccc(OC)cc1. The van der Waals surface area contributed by atoms with Gasteiger partial charge >= 0.3 is 0 Å². The number of anilines is 1. The quantitative estimate of drug-likeness (QED) is 0.688. The Kier molecular flexibility index (Phi) is 5.19. The van der Waals surface area contributed by atoms with Crippen molar-refractivity contribution in [2.24, 2.45) is 0 Å². The van der Waals surface area contributed by atoms with Gasteiger partial charge in [-0.1, -0.05) is 19.1 Å². The summed E-state index contributed by atoms with van der Waals surface area (Å²) in [5.74, 6) is 1.11. The molecule has 0 radical (unpaired) electrons. The van der Waals surface area contributed by atoms with Gasteiger partial charge in [-0.25, -0.2) is 4.68 Å². The molecule has 1 amide bonds. The second kappa shape index (κ2) is 7.53. The van der Waals surface area contributed by atoms with Gasteiger partial charge in [0.15, 0.2) is 5.82 Å². The number of nitrogens with zero attached hydrogens (tertiary/aromatic N) is 2. The smallest absolute Gasteiger partial charge is 0.258 e. The molecule has 0 saturated heterocycles. The van der Waals surface area contributed by atoms with Crippen LogP contribution in [-0.2, 0) is 6.42 Å². The van der Waals surface area contributed by atoms with E-state index in [2.05, 4.69) is 33.3 Å². The molecule has 1 aromatic heterocycles. The van der Waals surface area contributed by atoms with Gasteiger partial charge in [-0.2, -0.15) is 0 Å². The number of hydrogen-bond acceptors (Lipinski definition) is 3. The van der Waals surface area contributed by atoms with E-state index < -0.39 is 0 Å². The molecular weight excluding hydrogens is 382 g/mol. The molecule has 5 nitrogen and oxygen atoms in total. The van der Waals surface area contributed by atoms with E-state index in [1.165, 1.54) is 0 Å². The number of aryl methyl sites for hydroxylation is 1. The zero-order valence-corrected chi connectivity index (χ0v) is 15.6. The van der Waals surface area contributed by atoms with Crippen LogP contribution in [0.15, 0.2) is 59.1 Å². The molecule has 1 heterocycles. The summed E-state index contributed by atoms with van der Waals surface area (Å²) in [5, 5.41) is 7.39. The Morgan fingerprint density at radius 1 is 1.20 bits per heavy atom. The Morgan fingerprint density at radius 2 is 1.92 bits per heavy atom. The van der Waals surface area contributed by atoms with Crippen molar-refractivity contribution in [1.29, 1.82) is 0 Å². The fourth-order valence-corrected chi connectivity index (χ4v) is 2.97. The summed E-state index contributed by atoms with van der Waals surface area (Å²) < 4.78 is 7.76. The lowest BCUT2D eigenvalue weighted by Crippen LogP contribution is -2.13. The summed E-state index contributed by atoms with van der Waals surface area (Å²) in [6.07, 6.45) is 0.796. The van der Waals surface area contributed by atoms with E-state index in [0.717, 1.165) is 28.0 Å². The standard InChI is InChI=1S/C19H18BrN3O2/c1-3-13-12-18(21-19(24)16-6-4-5-7-17(16)20)22-23(13)14-8-10-15(25-2)11-9-14/h4-12H,3H2,1-2H3,(H,21,22,24). The van der Waals surface area contributed by atoms with Crippen molar-refractivity contribution in [3.8, 4) is 11.4 Å². The third-order valence-corrected chi connectivity index (χ3v) is 4.51. The summed E-state index contributed by atoms with van der Waals surface area (Å²) >= 11 is 3.40. The number of hydrogen-bond donors (Lipinski definition) is 1. The first kappa shape index (κ1) is 17.2. The highest BCUT2D eigenvalue weighted by Gasteiger charge is 2.14. The van der Waals surface area contributed by atoms with Gasteiger partial charge in [0.2, 0.25) is 0 Å². The van der Waals surface area contributed by atoms with Crippen LogP contribution >= 0.6 is 15.9 Å². The average Bonchev–Trinajstić information content (AvgIpc) is 3.05. The molecule has 3 rings (SSSR count). The zero-order valence-electron chi connectivity index (χ0n) is 14.0. The molecule has 6 heteroatoms. The molecule has 25 heavy (non-hydrogen) atoms. The average molecular weight is 400 g/mol. The predicted molar refractivity (Wildman–Crippen MR) is 102 cm³/mol. The number of carbonyl (C=O) groups is 1. The molecule has 0 bridgehead atoms. The van der Waals surface area contributed by atoms with Crippen molar-refractivity contribution in [3.05, 3.63) is 70.3 Å². The van der Waals surface area contributed by atoms with Crippen LogP contribution in [0.3, 0.4) is 0 Å². The second-order valence-corrected chi connectivity index (χ2v) is 6.27. The molecular formula is C19H18BrN3O2. The molecule has 0 aliphatic rings. The number of rotatable bonds is 5. The summed E-state index contributed by atoms with van der Waals surface area (Å²) in [6, 6.07) is 16.8. The number of aromatic nitrogens is 2. The van der Waals surface area contributed by atoms with Crippen LogP contribution in [0.25, 0.3) is 5.69 Å². The Balaban J connectivity index is 1.87. The molecule has 3 aromatic rings. The van der Waals surface area contributed by atoms with Crippen LogP contribution < -0.4 is 10.1 Å². The maximum atomic E-state index is 12.5. The normalized spacial score (nSPS) is 10.5. The first-order valence-electron chi connectivity index (χ1n) is 7.91. The largest absolute Gasteiger partial charge is 0.497 e. The maximum absolute atomic E-state index is 12.5. The second-order valence-electron chi connectivity index (χ2n) is 5.42. The van der Waals surface area contributed by atoms with Crippen molar-refractivity contribution >= 4 is 27.7 Å². The van der Waals surface area contributed by atoms with E-state index in [4.69, 9.17) is 4.74 Å². The highest BCUT2D eigenvalue weighted by atomic mass is 79.9. The van der Waals surface area contributed by atoms with Gasteiger partial charge in [0.25, 0.3) is 5.91 Å². The number of halogens is 1. The fourth-order valence-electron chi connectivity index (χ4n) is 2.51. The zero-order chi connectivity index (χ0) is 17.8. The summed E-state index contributed by atoms with van der Waals surface area (Å²) in [4.78, 5) is 12.5. The number of benzene rings is 2. The van der Waals surface area contributed by atoms with Crippen molar-refractivity contribution in [3.63, 3.8) is 0 Å². The monoisotopic (exact) mass is 399 g/mol. The fraction of sp³-hybridized carbons (Fsp3) is 0.158. The minimum atomic E-state index is -0.200. The van der Waals surface area contributed by atoms with Crippen LogP contribution in [0.1, 0.15) is 23.0 Å². The number of nitrogens with one attached hydrogen (secondary N) is 1. The number of ether oxygens (including phenoxy) is 1. The molecule has 1 N–H and O–H groups in total. The molecule has 0 spiro atoms. The van der Waals surface area contributed by atoms with Crippen LogP contribution in [0, 0.1) is 0 Å². The van der Waals surface area contributed by atoms with E-state index in [1.807, 2.05) is 53.2 Å². The summed E-state index contributed by atoms with van der Waals surface area (Å²) in [6.45, 7) is 2.05. The number of amides is 1. The highest BCUT2D eigenvalue weighted by molar-refractivity contribution is 9.10. The Hall–Kier alpha value is -2.60. The molecule has 0 aliphatic heterocycles. The number of methoxy groups -OCH3 is 1. The molecule has 0 atom stereocenters. The highest BCUT2D eigenvalue weighted by Crippen LogP contribution is 2.21. The molecule has 128 valence electrons. The third kappa shape index (κ3) is 3.74. The van der Waals surface area contributed by atoms with E-state index in [9.17, 15) is 4.79 Å². The van der Waals surface area contributed by atoms with Gasteiger partial charge in [0, 0.05) is 16.2 Å². The summed E-state index contributed by atoms with van der Waals surface area (Å²) in [7, 11) is 1.63. The van der Waals surface area contributed by atoms with Crippen molar-refractivity contribution in [1.82, 2.24) is 9.78 Å². The lowest BCUT2D eigenvalue weighted by Gasteiger charge is -2.07. The van der Waals surface area contributed by atoms with Crippen LogP contribution in [0.4, 0.5) is 5.82 Å². The van der Waals surface area contributed by atoms with Gasteiger partial charge in [-0.05, 0) is 58.7 Å². The van der Waals surface area contributed by atoms with Crippen LogP contribution in [0.5, 0.6) is 5.75 Å². The lowest BCUT2D eigenvalue weighted by molar-refractivity contribution is 0.102. The summed E-state index contributed by atoms with van der Waals surface area (Å²) in [5.41, 5.74) is 2.49. The Bertz CT molecular complexity index is 888. The van der Waals surface area contributed by atoms with E-state index in [0.29, 0.717) is 11.4 Å². The third-order valence-electron chi connectivity index (χ3n) is 3.82. The number of carbonyl (C=O) groups excluding carboxylic acids is 1. The topological polar surface area (TPSA) is 56.2 Å². The first-order chi connectivity index (χ1) is 12.1. The van der Waals surface area contributed by atoms with Crippen LogP contribution in [0.2, 0.25) is 0 Å². The van der Waals surface area contributed by atoms with Gasteiger partial charge in [-0.15, -0.1) is 5.10 Å². The Labute approximate surface area is 154 Å². The van der Waals surface area contributed by atoms with Gasteiger partial charge in [0.1, 0.15) is 5.75 Å². The molecule has 0 saturated carbocycles. The molecule has 0 fully saturated rings. The maximum Gasteiger partial charge on any atom is 0.258 e. The minimum absolute atomic E-state index is 0.200.